The molecule has 1 saturated heterocycles. The first-order valence-corrected chi connectivity index (χ1v) is 8.09. The molecule has 0 aromatic carbocycles. The van der Waals surface area contributed by atoms with Crippen LogP contribution in [-0.4, -0.2) is 49.6 Å². The summed E-state index contributed by atoms with van der Waals surface area (Å²) in [5.41, 5.74) is 0. The normalized spacial score (nSPS) is 24.7. The second kappa shape index (κ2) is 7.73. The Morgan fingerprint density at radius 3 is 2.74 bits per heavy atom. The predicted octanol–water partition coefficient (Wildman–Crippen LogP) is 1.83. The van der Waals surface area contributed by atoms with Crippen LogP contribution in [0, 0.1) is 5.92 Å². The highest BCUT2D eigenvalue weighted by atomic mass is 15.2. The molecule has 0 radical (unpaired) electrons. The zero-order valence-electron chi connectivity index (χ0n) is 12.6. The molecule has 2 aliphatic rings. The summed E-state index contributed by atoms with van der Waals surface area (Å²) in [6, 6.07) is 0.921. The first kappa shape index (κ1) is 14.6. The van der Waals surface area contributed by atoms with Crippen molar-refractivity contribution in [3.05, 3.63) is 0 Å². The van der Waals surface area contributed by atoms with Gasteiger partial charge in [0.1, 0.15) is 0 Å². The van der Waals surface area contributed by atoms with Crippen LogP contribution in [-0.2, 0) is 0 Å². The molecule has 1 unspecified atom stereocenters. The van der Waals surface area contributed by atoms with Crippen molar-refractivity contribution in [1.82, 2.24) is 15.5 Å². The van der Waals surface area contributed by atoms with E-state index >= 15 is 0 Å². The topological polar surface area (TPSA) is 39.7 Å². The SMILES string of the molecule is CCCCNC(=NCC1CCN(C2CC2)C1)NCC. The minimum Gasteiger partial charge on any atom is -0.357 e. The second-order valence-electron chi connectivity index (χ2n) is 5.88. The van der Waals surface area contributed by atoms with Gasteiger partial charge in [0, 0.05) is 32.2 Å². The van der Waals surface area contributed by atoms with E-state index in [4.69, 9.17) is 4.99 Å². The zero-order chi connectivity index (χ0) is 13.5. The van der Waals surface area contributed by atoms with Crippen molar-refractivity contribution < 1.29 is 0 Å². The van der Waals surface area contributed by atoms with E-state index in [2.05, 4.69) is 29.4 Å². The summed E-state index contributed by atoms with van der Waals surface area (Å²) in [4.78, 5) is 7.41. The number of rotatable bonds is 7. The maximum absolute atomic E-state index is 4.75. The summed E-state index contributed by atoms with van der Waals surface area (Å²) < 4.78 is 0. The second-order valence-corrected chi connectivity index (χ2v) is 5.88. The molecule has 1 heterocycles. The number of guanidine groups is 1. The van der Waals surface area contributed by atoms with Crippen molar-refractivity contribution in [3.8, 4) is 0 Å². The minimum absolute atomic E-state index is 0.766. The van der Waals surface area contributed by atoms with Crippen LogP contribution in [0.15, 0.2) is 4.99 Å². The van der Waals surface area contributed by atoms with Crippen LogP contribution in [0.3, 0.4) is 0 Å². The molecular formula is C15H30N4. The number of nitrogens with zero attached hydrogens (tertiary/aromatic N) is 2. The molecule has 4 heteroatoms. The third-order valence-electron chi connectivity index (χ3n) is 4.06. The third-order valence-corrected chi connectivity index (χ3v) is 4.06. The number of hydrogen-bond acceptors (Lipinski definition) is 2. The highest BCUT2D eigenvalue weighted by molar-refractivity contribution is 5.79. The number of nitrogens with one attached hydrogen (secondary N) is 2. The Morgan fingerprint density at radius 2 is 2.05 bits per heavy atom. The molecule has 110 valence electrons. The van der Waals surface area contributed by atoms with Gasteiger partial charge in [0.25, 0.3) is 0 Å². The first-order valence-electron chi connectivity index (χ1n) is 8.09. The number of hydrogen-bond donors (Lipinski definition) is 2. The number of likely N-dealkylation sites (tertiary alicyclic amines) is 1. The van der Waals surface area contributed by atoms with Crippen LogP contribution in [0.5, 0.6) is 0 Å². The standard InChI is InChI=1S/C15H30N4/c1-3-5-9-17-15(16-4-2)18-11-13-8-10-19(12-13)14-6-7-14/h13-14H,3-12H2,1-2H3,(H2,16,17,18). The molecule has 2 rings (SSSR count). The quantitative estimate of drug-likeness (QED) is 0.419. The summed E-state index contributed by atoms with van der Waals surface area (Å²) in [7, 11) is 0. The Balaban J connectivity index is 1.70. The van der Waals surface area contributed by atoms with E-state index in [1.54, 1.807) is 0 Å². The smallest absolute Gasteiger partial charge is 0.191 e. The van der Waals surface area contributed by atoms with Crippen molar-refractivity contribution >= 4 is 5.96 Å². The molecule has 0 amide bonds. The molecule has 0 bridgehead atoms. The van der Waals surface area contributed by atoms with Crippen LogP contribution in [0.4, 0.5) is 0 Å². The third kappa shape index (κ3) is 5.01. The molecule has 2 fully saturated rings. The van der Waals surface area contributed by atoms with Crippen molar-refractivity contribution in [3.63, 3.8) is 0 Å². The molecule has 2 N–H and O–H groups in total. The van der Waals surface area contributed by atoms with Crippen LogP contribution < -0.4 is 10.6 Å². The van der Waals surface area contributed by atoms with E-state index in [0.29, 0.717) is 0 Å². The summed E-state index contributed by atoms with van der Waals surface area (Å²) in [5, 5.41) is 6.75. The fraction of sp³-hybridized carbons (Fsp3) is 0.933. The van der Waals surface area contributed by atoms with E-state index in [-0.39, 0.29) is 0 Å². The van der Waals surface area contributed by atoms with Crippen LogP contribution >= 0.6 is 0 Å². The molecule has 0 aromatic heterocycles. The van der Waals surface area contributed by atoms with Crippen molar-refractivity contribution in [2.24, 2.45) is 10.9 Å². The lowest BCUT2D eigenvalue weighted by Crippen LogP contribution is -2.38. The van der Waals surface area contributed by atoms with Gasteiger partial charge < -0.3 is 15.5 Å². The van der Waals surface area contributed by atoms with Gasteiger partial charge in [-0.1, -0.05) is 13.3 Å². The molecule has 4 nitrogen and oxygen atoms in total. The highest BCUT2D eigenvalue weighted by Crippen LogP contribution is 2.31. The Labute approximate surface area is 118 Å². The van der Waals surface area contributed by atoms with Gasteiger partial charge in [0.2, 0.25) is 0 Å². The van der Waals surface area contributed by atoms with Crippen molar-refractivity contribution in [2.75, 3.05) is 32.7 Å². The number of unbranched alkanes of at least 4 members (excludes halogenated alkanes) is 1. The molecule has 0 aromatic rings. The average molecular weight is 266 g/mol. The van der Waals surface area contributed by atoms with E-state index in [1.165, 1.54) is 45.2 Å². The van der Waals surface area contributed by atoms with E-state index in [1.807, 2.05) is 0 Å². The predicted molar refractivity (Wildman–Crippen MR) is 81.6 cm³/mol. The Kier molecular flexibility index (Phi) is 5.95. The summed E-state index contributed by atoms with van der Waals surface area (Å²) in [6.45, 7) is 9.86. The maximum Gasteiger partial charge on any atom is 0.191 e. The molecular weight excluding hydrogens is 236 g/mol. The minimum atomic E-state index is 0.766. The summed E-state index contributed by atoms with van der Waals surface area (Å²) in [5.74, 6) is 1.77. The fourth-order valence-electron chi connectivity index (χ4n) is 2.73. The lowest BCUT2D eigenvalue weighted by Gasteiger charge is -2.15. The van der Waals surface area contributed by atoms with Crippen molar-refractivity contribution in [1.29, 1.82) is 0 Å². The average Bonchev–Trinajstić information content (AvgIpc) is 3.16. The van der Waals surface area contributed by atoms with E-state index < -0.39 is 0 Å². The molecule has 19 heavy (non-hydrogen) atoms. The Morgan fingerprint density at radius 1 is 1.21 bits per heavy atom. The van der Waals surface area contributed by atoms with Crippen molar-refractivity contribution in [2.45, 2.75) is 52.0 Å². The molecule has 0 spiro atoms. The summed E-state index contributed by atoms with van der Waals surface area (Å²) in [6.07, 6.45) is 6.62. The Bertz CT molecular complexity index is 286. The Hall–Kier alpha value is -0.770. The van der Waals surface area contributed by atoms with Gasteiger partial charge in [-0.25, -0.2) is 0 Å². The molecule has 1 aliphatic heterocycles. The molecule has 1 aliphatic carbocycles. The van der Waals surface area contributed by atoms with Gasteiger partial charge in [-0.05, 0) is 45.1 Å². The largest absolute Gasteiger partial charge is 0.357 e. The van der Waals surface area contributed by atoms with Gasteiger partial charge in [-0.15, -0.1) is 0 Å². The fourth-order valence-corrected chi connectivity index (χ4v) is 2.73. The van der Waals surface area contributed by atoms with Gasteiger partial charge in [-0.3, -0.25) is 4.99 Å². The lowest BCUT2D eigenvalue weighted by molar-refractivity contribution is 0.315. The van der Waals surface area contributed by atoms with Gasteiger partial charge in [-0.2, -0.15) is 0 Å². The van der Waals surface area contributed by atoms with Crippen LogP contribution in [0.2, 0.25) is 0 Å². The first-order chi connectivity index (χ1) is 9.33. The monoisotopic (exact) mass is 266 g/mol. The highest BCUT2D eigenvalue weighted by Gasteiger charge is 2.34. The number of aliphatic imine (C=N–C) groups is 1. The summed E-state index contributed by atoms with van der Waals surface area (Å²) >= 11 is 0. The zero-order valence-corrected chi connectivity index (χ0v) is 12.6. The van der Waals surface area contributed by atoms with E-state index in [9.17, 15) is 0 Å². The van der Waals surface area contributed by atoms with Gasteiger partial charge >= 0.3 is 0 Å². The van der Waals surface area contributed by atoms with Crippen LogP contribution in [0.1, 0.15) is 46.0 Å². The maximum atomic E-state index is 4.75. The van der Waals surface area contributed by atoms with Crippen LogP contribution in [0.25, 0.3) is 0 Å². The van der Waals surface area contributed by atoms with Gasteiger partial charge in [0.05, 0.1) is 0 Å². The lowest BCUT2D eigenvalue weighted by atomic mass is 10.1. The van der Waals surface area contributed by atoms with Gasteiger partial charge in [0.15, 0.2) is 5.96 Å². The molecule has 1 atom stereocenters. The van der Waals surface area contributed by atoms with E-state index in [0.717, 1.165) is 37.6 Å². The molecule has 1 saturated carbocycles.